The van der Waals surface area contributed by atoms with Gasteiger partial charge in [0.2, 0.25) is 11.8 Å². The van der Waals surface area contributed by atoms with Crippen LogP contribution in [-0.2, 0) is 16.1 Å². The molecule has 1 aromatic rings. The van der Waals surface area contributed by atoms with Gasteiger partial charge in [-0.3, -0.25) is 19.7 Å². The highest BCUT2D eigenvalue weighted by Crippen LogP contribution is 2.61. The molecule has 0 spiro atoms. The lowest BCUT2D eigenvalue weighted by atomic mass is 9.77. The number of imide groups is 1. The molecule has 12 heteroatoms. The molecule has 2 heterocycles. The van der Waals surface area contributed by atoms with Crippen molar-refractivity contribution < 1.29 is 36.3 Å². The summed E-state index contributed by atoms with van der Waals surface area (Å²) in [5.74, 6) is -3.89. The van der Waals surface area contributed by atoms with Gasteiger partial charge in [-0.1, -0.05) is 6.07 Å². The Hall–Kier alpha value is -2.76. The first-order chi connectivity index (χ1) is 19.3. The Balaban J connectivity index is 1.18. The van der Waals surface area contributed by atoms with Crippen LogP contribution in [0, 0.1) is 11.3 Å². The molecule has 5 aliphatic rings. The minimum absolute atomic E-state index is 0.0464. The van der Waals surface area contributed by atoms with E-state index in [0.717, 1.165) is 0 Å². The lowest BCUT2D eigenvalue weighted by molar-refractivity contribution is -0.190. The van der Waals surface area contributed by atoms with E-state index in [-0.39, 0.29) is 81.3 Å². The molecule has 6 rings (SSSR count). The fourth-order valence-corrected chi connectivity index (χ4v) is 7.23. The predicted molar refractivity (Wildman–Crippen MR) is 139 cm³/mol. The Morgan fingerprint density at radius 3 is 2.32 bits per heavy atom. The van der Waals surface area contributed by atoms with Crippen LogP contribution in [0.2, 0.25) is 0 Å². The lowest BCUT2D eigenvalue weighted by Gasteiger charge is -2.41. The maximum absolute atomic E-state index is 14.1. The minimum atomic E-state index is -4.31. The number of nitrogens with one attached hydrogen (secondary N) is 3. The second-order valence-electron chi connectivity index (χ2n) is 12.7. The van der Waals surface area contributed by atoms with Crippen LogP contribution in [0.1, 0.15) is 86.6 Å². The molecule has 2 atom stereocenters. The maximum atomic E-state index is 14.1. The first kappa shape index (κ1) is 28.4. The third-order valence-electron chi connectivity index (χ3n) is 9.89. The summed E-state index contributed by atoms with van der Waals surface area (Å²) in [5, 5.41) is 9.00. The predicted octanol–water partition coefficient (Wildman–Crippen LogP) is 4.91. The van der Waals surface area contributed by atoms with Crippen LogP contribution in [-0.4, -0.2) is 58.9 Å². The molecule has 41 heavy (non-hydrogen) atoms. The van der Waals surface area contributed by atoms with Crippen molar-refractivity contribution in [3.8, 4) is 0 Å². The van der Waals surface area contributed by atoms with Gasteiger partial charge in [-0.15, -0.1) is 0 Å². The average molecular weight is 583 g/mol. The van der Waals surface area contributed by atoms with Crippen molar-refractivity contribution in [1.82, 2.24) is 15.5 Å². The second-order valence-corrected chi connectivity index (χ2v) is 12.7. The molecule has 224 valence electrons. The van der Waals surface area contributed by atoms with E-state index in [0.29, 0.717) is 42.5 Å². The molecule has 3 amide bonds. The van der Waals surface area contributed by atoms with Gasteiger partial charge in [-0.05, 0) is 69.4 Å². The number of alkyl halides is 5. The third kappa shape index (κ3) is 5.56. The van der Waals surface area contributed by atoms with Crippen molar-refractivity contribution in [3.05, 3.63) is 29.3 Å². The Labute approximate surface area is 235 Å². The molecule has 4 fully saturated rings. The summed E-state index contributed by atoms with van der Waals surface area (Å²) in [5.41, 5.74) is -0.0828. The average Bonchev–Trinajstić information content (AvgIpc) is 3.61. The number of carbonyl (C=O) groups excluding carboxylic acids is 3. The van der Waals surface area contributed by atoms with Crippen molar-refractivity contribution in [2.45, 2.75) is 113 Å². The minimum Gasteiger partial charge on any atom is -0.382 e. The van der Waals surface area contributed by atoms with Crippen molar-refractivity contribution >= 4 is 23.4 Å². The Bertz CT molecular complexity index is 1220. The third-order valence-corrected chi connectivity index (χ3v) is 9.89. The standard InChI is InChI=1S/C29H35F5N4O3/c30-28(31)12-18(13-28)35-17-6-4-16(5-7-17)22(14-27(10-11-27)29(32,33)34)36-21-3-1-2-19-20(21)15-38(26(19)41)23-8-9-24(39)37-25(23)40/h1-3,16-18,22-23,35-36H,4-15H2,(H,37,39,40)/t16?,17?,22-,23-/m0/s1. The number of nitrogens with zero attached hydrogens (tertiary/aromatic N) is 1. The van der Waals surface area contributed by atoms with E-state index >= 15 is 0 Å². The summed E-state index contributed by atoms with van der Waals surface area (Å²) in [7, 11) is 0. The molecular weight excluding hydrogens is 547 g/mol. The zero-order valence-corrected chi connectivity index (χ0v) is 22.7. The monoisotopic (exact) mass is 582 g/mol. The molecule has 1 aromatic carbocycles. The number of hydrogen-bond acceptors (Lipinski definition) is 5. The topological polar surface area (TPSA) is 90.5 Å². The van der Waals surface area contributed by atoms with Crippen LogP contribution >= 0.6 is 0 Å². The molecule has 3 saturated carbocycles. The molecule has 7 nitrogen and oxygen atoms in total. The van der Waals surface area contributed by atoms with Crippen molar-refractivity contribution in [2.24, 2.45) is 11.3 Å². The molecular formula is C29H35F5N4O3. The summed E-state index contributed by atoms with van der Waals surface area (Å²) in [4.78, 5) is 38.8. The number of halogens is 5. The first-order valence-electron chi connectivity index (χ1n) is 14.6. The fraction of sp³-hybridized carbons (Fsp3) is 0.690. The quantitative estimate of drug-likeness (QED) is 0.300. The number of amides is 3. The van der Waals surface area contributed by atoms with E-state index in [9.17, 15) is 36.3 Å². The second kappa shape index (κ2) is 10.2. The fourth-order valence-electron chi connectivity index (χ4n) is 7.23. The van der Waals surface area contributed by atoms with Gasteiger partial charge in [0.25, 0.3) is 11.8 Å². The van der Waals surface area contributed by atoms with Crippen LogP contribution in [0.15, 0.2) is 18.2 Å². The molecule has 1 saturated heterocycles. The lowest BCUT2D eigenvalue weighted by Crippen LogP contribution is -2.53. The molecule has 3 N–H and O–H groups in total. The van der Waals surface area contributed by atoms with Gasteiger partial charge in [0.15, 0.2) is 0 Å². The van der Waals surface area contributed by atoms with Gasteiger partial charge in [-0.2, -0.15) is 13.2 Å². The molecule has 0 radical (unpaired) electrons. The summed E-state index contributed by atoms with van der Waals surface area (Å²) in [6, 6.07) is 3.71. The van der Waals surface area contributed by atoms with Gasteiger partial charge in [-0.25, -0.2) is 8.78 Å². The van der Waals surface area contributed by atoms with Crippen LogP contribution in [0.5, 0.6) is 0 Å². The summed E-state index contributed by atoms with van der Waals surface area (Å²) in [6.07, 6.45) is -1.42. The molecule has 3 aliphatic carbocycles. The first-order valence-corrected chi connectivity index (χ1v) is 14.6. The van der Waals surface area contributed by atoms with Gasteiger partial charge >= 0.3 is 6.18 Å². The SMILES string of the molecule is O=C1CC[C@H](N2Cc3c(N[C@@H](CC4(C(F)(F)F)CC4)C4CCC(NC5CC(F)(F)C5)CC4)cccc3C2=O)C(=O)N1. The molecule has 0 bridgehead atoms. The van der Waals surface area contributed by atoms with Crippen molar-refractivity contribution in [1.29, 1.82) is 0 Å². The summed E-state index contributed by atoms with van der Waals surface area (Å²) in [6.45, 7) is 0.128. The number of hydrogen-bond donors (Lipinski definition) is 3. The summed E-state index contributed by atoms with van der Waals surface area (Å²) < 4.78 is 68.7. The molecule has 2 aliphatic heterocycles. The highest BCUT2D eigenvalue weighted by molar-refractivity contribution is 6.06. The Morgan fingerprint density at radius 1 is 1.00 bits per heavy atom. The molecule has 0 unspecified atom stereocenters. The largest absolute Gasteiger partial charge is 0.394 e. The van der Waals surface area contributed by atoms with Gasteiger partial charge in [0.1, 0.15) is 6.04 Å². The van der Waals surface area contributed by atoms with E-state index in [1.54, 1.807) is 18.2 Å². The number of fused-ring (bicyclic) bond motifs is 1. The van der Waals surface area contributed by atoms with E-state index in [1.165, 1.54) is 4.90 Å². The van der Waals surface area contributed by atoms with Crippen molar-refractivity contribution in [2.75, 3.05) is 5.32 Å². The Kier molecular flexibility index (Phi) is 7.06. The zero-order valence-electron chi connectivity index (χ0n) is 22.7. The summed E-state index contributed by atoms with van der Waals surface area (Å²) >= 11 is 0. The van der Waals surface area contributed by atoms with Gasteiger partial charge in [0, 0.05) is 60.7 Å². The smallest absolute Gasteiger partial charge is 0.382 e. The maximum Gasteiger partial charge on any atom is 0.394 e. The highest BCUT2D eigenvalue weighted by atomic mass is 19.4. The van der Waals surface area contributed by atoms with Gasteiger partial charge < -0.3 is 15.5 Å². The number of piperidine rings is 1. The number of benzene rings is 1. The normalized spacial score (nSPS) is 29.9. The molecule has 0 aromatic heterocycles. The Morgan fingerprint density at radius 2 is 1.71 bits per heavy atom. The number of rotatable bonds is 8. The van der Waals surface area contributed by atoms with Crippen LogP contribution < -0.4 is 16.0 Å². The van der Waals surface area contributed by atoms with E-state index in [4.69, 9.17) is 0 Å². The van der Waals surface area contributed by atoms with Crippen LogP contribution in [0.25, 0.3) is 0 Å². The van der Waals surface area contributed by atoms with Crippen molar-refractivity contribution in [3.63, 3.8) is 0 Å². The van der Waals surface area contributed by atoms with Crippen LogP contribution in [0.4, 0.5) is 27.6 Å². The van der Waals surface area contributed by atoms with E-state index in [1.807, 2.05) is 0 Å². The van der Waals surface area contributed by atoms with E-state index < -0.39 is 35.5 Å². The number of anilines is 1. The van der Waals surface area contributed by atoms with E-state index in [2.05, 4.69) is 16.0 Å². The zero-order chi connectivity index (χ0) is 29.2. The number of carbonyl (C=O) groups is 3. The van der Waals surface area contributed by atoms with Crippen LogP contribution in [0.3, 0.4) is 0 Å². The van der Waals surface area contributed by atoms with Gasteiger partial charge in [0.05, 0.1) is 5.41 Å². The highest BCUT2D eigenvalue weighted by Gasteiger charge is 2.63.